The lowest BCUT2D eigenvalue weighted by Crippen LogP contribution is -2.48. The molecular formula is C20H19NO3. The second-order valence-corrected chi connectivity index (χ2v) is 6.75. The van der Waals surface area contributed by atoms with Crippen molar-refractivity contribution >= 4 is 17.6 Å². The van der Waals surface area contributed by atoms with Crippen LogP contribution in [-0.4, -0.2) is 17.5 Å². The van der Waals surface area contributed by atoms with E-state index in [-0.39, 0.29) is 5.91 Å². The van der Waals surface area contributed by atoms with E-state index in [4.69, 9.17) is 4.74 Å². The molecule has 0 fully saturated rings. The molecule has 2 aliphatic rings. The standard InChI is InChI=1S/C20H19NO3/c1-20(12-15-5-2-3-8-17(15)18(22)24-20)19(23)21-16-10-9-13-6-4-7-14(13)11-16/h2-3,5,8-11H,4,6-7,12H2,1H3,(H,21,23). The van der Waals surface area contributed by atoms with Gasteiger partial charge in [-0.25, -0.2) is 4.79 Å². The van der Waals surface area contributed by atoms with Crippen molar-refractivity contribution in [3.8, 4) is 0 Å². The van der Waals surface area contributed by atoms with Crippen LogP contribution >= 0.6 is 0 Å². The average Bonchev–Trinajstić information content (AvgIpc) is 3.02. The number of hydrogen-bond donors (Lipinski definition) is 1. The number of esters is 1. The molecule has 2 aromatic rings. The van der Waals surface area contributed by atoms with Gasteiger partial charge < -0.3 is 10.1 Å². The first-order valence-corrected chi connectivity index (χ1v) is 8.30. The van der Waals surface area contributed by atoms with Crippen molar-refractivity contribution in [2.45, 2.75) is 38.2 Å². The number of rotatable bonds is 2. The Hall–Kier alpha value is -2.62. The van der Waals surface area contributed by atoms with E-state index in [2.05, 4.69) is 11.4 Å². The van der Waals surface area contributed by atoms with Crippen LogP contribution in [0.5, 0.6) is 0 Å². The molecule has 0 aromatic heterocycles. The summed E-state index contributed by atoms with van der Waals surface area (Å²) >= 11 is 0. The number of carbonyl (C=O) groups is 2. The fourth-order valence-electron chi connectivity index (χ4n) is 3.57. The van der Waals surface area contributed by atoms with Gasteiger partial charge >= 0.3 is 5.97 Å². The van der Waals surface area contributed by atoms with Gasteiger partial charge in [0.25, 0.3) is 5.91 Å². The third-order valence-corrected chi connectivity index (χ3v) is 4.92. The summed E-state index contributed by atoms with van der Waals surface area (Å²) in [6, 6.07) is 13.3. The summed E-state index contributed by atoms with van der Waals surface area (Å²) in [5.41, 5.74) is 3.61. The van der Waals surface area contributed by atoms with Crippen molar-refractivity contribution in [2.75, 3.05) is 5.32 Å². The Bertz CT molecular complexity index is 843. The monoisotopic (exact) mass is 321 g/mol. The van der Waals surface area contributed by atoms with E-state index in [1.165, 1.54) is 17.5 Å². The van der Waals surface area contributed by atoms with E-state index in [0.717, 1.165) is 24.1 Å². The molecule has 0 spiro atoms. The SMILES string of the molecule is CC1(C(=O)Nc2ccc3c(c2)CCC3)Cc2ccccc2C(=O)O1. The molecule has 1 heterocycles. The number of carbonyl (C=O) groups excluding carboxylic acids is 2. The highest BCUT2D eigenvalue weighted by molar-refractivity contribution is 6.02. The first-order chi connectivity index (χ1) is 11.5. The number of fused-ring (bicyclic) bond motifs is 2. The van der Waals surface area contributed by atoms with Crippen LogP contribution in [0.2, 0.25) is 0 Å². The van der Waals surface area contributed by atoms with Crippen LogP contribution in [0.3, 0.4) is 0 Å². The zero-order valence-corrected chi connectivity index (χ0v) is 13.6. The van der Waals surface area contributed by atoms with Gasteiger partial charge in [-0.1, -0.05) is 24.3 Å². The largest absolute Gasteiger partial charge is 0.445 e. The van der Waals surface area contributed by atoms with Gasteiger partial charge in [0.1, 0.15) is 0 Å². The van der Waals surface area contributed by atoms with Crippen molar-refractivity contribution in [3.63, 3.8) is 0 Å². The highest BCUT2D eigenvalue weighted by Crippen LogP contribution is 2.30. The first kappa shape index (κ1) is 14.9. The van der Waals surface area contributed by atoms with Crippen LogP contribution in [0.25, 0.3) is 0 Å². The van der Waals surface area contributed by atoms with Crippen molar-refractivity contribution < 1.29 is 14.3 Å². The smallest absolute Gasteiger partial charge is 0.339 e. The average molecular weight is 321 g/mol. The summed E-state index contributed by atoms with van der Waals surface area (Å²) in [4.78, 5) is 25.0. The van der Waals surface area contributed by atoms with Gasteiger partial charge in [0, 0.05) is 12.1 Å². The maximum Gasteiger partial charge on any atom is 0.339 e. The lowest BCUT2D eigenvalue weighted by atomic mass is 9.89. The number of benzene rings is 2. The molecule has 2 aromatic carbocycles. The summed E-state index contributed by atoms with van der Waals surface area (Å²) in [6.45, 7) is 1.67. The maximum absolute atomic E-state index is 12.8. The van der Waals surface area contributed by atoms with Crippen LogP contribution in [-0.2, 0) is 28.8 Å². The van der Waals surface area contributed by atoms with Crippen LogP contribution in [0.4, 0.5) is 5.69 Å². The van der Waals surface area contributed by atoms with Crippen LogP contribution < -0.4 is 5.32 Å². The topological polar surface area (TPSA) is 55.4 Å². The van der Waals surface area contributed by atoms with Crippen molar-refractivity contribution in [2.24, 2.45) is 0 Å². The molecule has 1 amide bonds. The molecule has 1 N–H and O–H groups in total. The Morgan fingerprint density at radius 2 is 1.88 bits per heavy atom. The summed E-state index contributed by atoms with van der Waals surface area (Å²) in [5, 5.41) is 2.92. The quantitative estimate of drug-likeness (QED) is 0.864. The minimum absolute atomic E-state index is 0.289. The van der Waals surface area contributed by atoms with E-state index in [9.17, 15) is 9.59 Å². The molecule has 1 atom stereocenters. The van der Waals surface area contributed by atoms with Gasteiger partial charge in [0.15, 0.2) is 5.60 Å². The van der Waals surface area contributed by atoms with E-state index >= 15 is 0 Å². The Morgan fingerprint density at radius 3 is 2.75 bits per heavy atom. The van der Waals surface area contributed by atoms with E-state index in [1.807, 2.05) is 24.3 Å². The number of cyclic esters (lactones) is 1. The highest BCUT2D eigenvalue weighted by Gasteiger charge is 2.42. The van der Waals surface area contributed by atoms with Crippen LogP contribution in [0, 0.1) is 0 Å². The van der Waals surface area contributed by atoms with Gasteiger partial charge in [0.05, 0.1) is 5.56 Å². The highest BCUT2D eigenvalue weighted by atomic mass is 16.6. The van der Waals surface area contributed by atoms with E-state index < -0.39 is 11.6 Å². The fraction of sp³-hybridized carbons (Fsp3) is 0.300. The van der Waals surface area contributed by atoms with Gasteiger partial charge in [-0.3, -0.25) is 4.79 Å². The minimum Gasteiger partial charge on any atom is -0.445 e. The van der Waals surface area contributed by atoms with E-state index in [1.54, 1.807) is 19.1 Å². The molecule has 0 bridgehead atoms. The molecular weight excluding hydrogens is 302 g/mol. The molecule has 4 heteroatoms. The Morgan fingerprint density at radius 1 is 1.08 bits per heavy atom. The maximum atomic E-state index is 12.8. The van der Waals surface area contributed by atoms with Crippen molar-refractivity contribution in [3.05, 3.63) is 64.7 Å². The molecule has 0 saturated carbocycles. The molecule has 0 saturated heterocycles. The molecule has 1 aliphatic heterocycles. The first-order valence-electron chi connectivity index (χ1n) is 8.30. The molecule has 1 unspecified atom stereocenters. The molecule has 4 rings (SSSR count). The van der Waals surface area contributed by atoms with Crippen molar-refractivity contribution in [1.29, 1.82) is 0 Å². The zero-order valence-electron chi connectivity index (χ0n) is 13.6. The van der Waals surface area contributed by atoms with Gasteiger partial charge in [0.2, 0.25) is 0 Å². The zero-order chi connectivity index (χ0) is 16.7. The lowest BCUT2D eigenvalue weighted by molar-refractivity contribution is -0.134. The summed E-state index contributed by atoms with van der Waals surface area (Å²) in [5.74, 6) is -0.730. The minimum atomic E-state index is -1.19. The summed E-state index contributed by atoms with van der Waals surface area (Å²) in [6.07, 6.45) is 3.71. The van der Waals surface area contributed by atoms with Crippen LogP contribution in [0.15, 0.2) is 42.5 Å². The summed E-state index contributed by atoms with van der Waals surface area (Å²) in [7, 11) is 0. The molecule has 1 aliphatic carbocycles. The number of aryl methyl sites for hydroxylation is 2. The number of nitrogens with one attached hydrogen (secondary N) is 1. The number of amides is 1. The predicted octanol–water partition coefficient (Wildman–Crippen LogP) is 3.29. The number of hydrogen-bond acceptors (Lipinski definition) is 3. The lowest BCUT2D eigenvalue weighted by Gasteiger charge is -2.33. The molecule has 122 valence electrons. The molecule has 0 radical (unpaired) electrons. The Balaban J connectivity index is 1.57. The van der Waals surface area contributed by atoms with Gasteiger partial charge in [-0.15, -0.1) is 0 Å². The van der Waals surface area contributed by atoms with E-state index in [0.29, 0.717) is 12.0 Å². The molecule has 4 nitrogen and oxygen atoms in total. The number of anilines is 1. The predicted molar refractivity (Wildman–Crippen MR) is 91.1 cm³/mol. The van der Waals surface area contributed by atoms with Crippen molar-refractivity contribution in [1.82, 2.24) is 0 Å². The third kappa shape index (κ3) is 2.48. The fourth-order valence-corrected chi connectivity index (χ4v) is 3.57. The van der Waals surface area contributed by atoms with Crippen LogP contribution in [0.1, 0.15) is 40.4 Å². The van der Waals surface area contributed by atoms with Gasteiger partial charge in [-0.05, 0) is 61.1 Å². The molecule has 24 heavy (non-hydrogen) atoms. The second kappa shape index (κ2) is 5.48. The second-order valence-electron chi connectivity index (χ2n) is 6.75. The Kier molecular flexibility index (Phi) is 3.41. The number of ether oxygens (including phenoxy) is 1. The normalized spacial score (nSPS) is 21.6. The third-order valence-electron chi connectivity index (χ3n) is 4.92. The Labute approximate surface area is 140 Å². The van der Waals surface area contributed by atoms with Gasteiger partial charge in [-0.2, -0.15) is 0 Å². The summed E-state index contributed by atoms with van der Waals surface area (Å²) < 4.78 is 5.48.